The molecule has 30 heavy (non-hydrogen) atoms. The van der Waals surface area contributed by atoms with Gasteiger partial charge in [-0.05, 0) is 56.2 Å². The van der Waals surface area contributed by atoms with E-state index in [1.165, 1.54) is 51.7 Å². The van der Waals surface area contributed by atoms with Gasteiger partial charge in [-0.2, -0.15) is 0 Å². The lowest BCUT2D eigenvalue weighted by molar-refractivity contribution is 0.160. The molecule has 3 rings (SSSR count). The number of ether oxygens (including phenoxy) is 1. The Kier molecular flexibility index (Phi) is 9.27. The monoisotopic (exact) mass is 416 g/mol. The van der Waals surface area contributed by atoms with Crippen LogP contribution < -0.4 is 15.4 Å². The molecule has 0 bridgehead atoms. The Hall–Kier alpha value is -1.79. The molecule has 1 saturated heterocycles. The molecule has 2 aliphatic rings. The first-order valence-electron chi connectivity index (χ1n) is 11.8. The number of benzene rings is 1. The predicted octanol–water partition coefficient (Wildman–Crippen LogP) is 3.33. The summed E-state index contributed by atoms with van der Waals surface area (Å²) in [5, 5.41) is 17.4. The average molecular weight is 417 g/mol. The van der Waals surface area contributed by atoms with E-state index in [2.05, 4.69) is 27.4 Å². The number of guanidine groups is 1. The maximum atomic E-state index is 10.5. The van der Waals surface area contributed by atoms with Crippen LogP contribution in [0.3, 0.4) is 0 Å². The van der Waals surface area contributed by atoms with Crippen molar-refractivity contribution in [3.05, 3.63) is 29.8 Å². The number of rotatable bonds is 8. The molecule has 0 aromatic heterocycles. The van der Waals surface area contributed by atoms with Gasteiger partial charge in [-0.1, -0.05) is 31.4 Å². The number of piperidine rings is 1. The van der Waals surface area contributed by atoms with Crippen molar-refractivity contribution in [3.8, 4) is 5.75 Å². The molecule has 1 aliphatic heterocycles. The summed E-state index contributed by atoms with van der Waals surface area (Å²) in [6, 6.07) is 7.96. The Bertz CT molecular complexity index is 635. The van der Waals surface area contributed by atoms with E-state index in [9.17, 15) is 5.11 Å². The van der Waals surface area contributed by atoms with E-state index in [4.69, 9.17) is 4.74 Å². The summed E-state index contributed by atoms with van der Waals surface area (Å²) in [6.07, 6.45) is 8.81. The van der Waals surface area contributed by atoms with Crippen LogP contribution in [0.2, 0.25) is 0 Å². The lowest BCUT2D eigenvalue weighted by Gasteiger charge is -2.36. The van der Waals surface area contributed by atoms with Gasteiger partial charge in [-0.3, -0.25) is 4.99 Å². The maximum Gasteiger partial charge on any atom is 0.191 e. The van der Waals surface area contributed by atoms with Crippen LogP contribution >= 0.6 is 0 Å². The number of nitrogens with one attached hydrogen (secondary N) is 2. The first-order valence-corrected chi connectivity index (χ1v) is 11.8. The smallest absolute Gasteiger partial charge is 0.191 e. The Morgan fingerprint density at radius 3 is 2.47 bits per heavy atom. The summed E-state index contributed by atoms with van der Waals surface area (Å²) >= 11 is 0. The Morgan fingerprint density at radius 1 is 1.13 bits per heavy atom. The third kappa shape index (κ3) is 7.17. The fourth-order valence-corrected chi connectivity index (χ4v) is 4.62. The third-order valence-corrected chi connectivity index (χ3v) is 6.44. The van der Waals surface area contributed by atoms with Gasteiger partial charge < -0.3 is 25.4 Å². The molecule has 168 valence electrons. The molecule has 0 radical (unpaired) electrons. The van der Waals surface area contributed by atoms with Crippen LogP contribution in [0.1, 0.15) is 63.5 Å². The quantitative estimate of drug-likeness (QED) is 0.448. The van der Waals surface area contributed by atoms with Gasteiger partial charge in [0.05, 0.1) is 19.8 Å². The van der Waals surface area contributed by atoms with E-state index in [1.807, 2.05) is 24.3 Å². The summed E-state index contributed by atoms with van der Waals surface area (Å²) in [7, 11) is 1.64. The average Bonchev–Trinajstić information content (AvgIpc) is 2.79. The van der Waals surface area contributed by atoms with Gasteiger partial charge in [0.1, 0.15) is 5.75 Å². The highest BCUT2D eigenvalue weighted by molar-refractivity contribution is 5.80. The van der Waals surface area contributed by atoms with Crippen molar-refractivity contribution >= 4 is 5.96 Å². The summed E-state index contributed by atoms with van der Waals surface area (Å²) < 4.78 is 5.18. The minimum Gasteiger partial charge on any atom is -0.497 e. The number of hydrogen-bond donors (Lipinski definition) is 3. The Balaban J connectivity index is 1.45. The van der Waals surface area contributed by atoms with Crippen LogP contribution in [0.15, 0.2) is 29.3 Å². The molecular formula is C24H40N4O2. The zero-order valence-electron chi connectivity index (χ0n) is 18.8. The van der Waals surface area contributed by atoms with Gasteiger partial charge in [0.2, 0.25) is 0 Å². The van der Waals surface area contributed by atoms with Gasteiger partial charge in [-0.25, -0.2) is 0 Å². The normalized spacial score (nSPS) is 20.7. The largest absolute Gasteiger partial charge is 0.497 e. The maximum absolute atomic E-state index is 10.5. The summed E-state index contributed by atoms with van der Waals surface area (Å²) in [4.78, 5) is 7.30. The van der Waals surface area contributed by atoms with Gasteiger partial charge in [0.15, 0.2) is 5.96 Å². The lowest BCUT2D eigenvalue weighted by atomic mass is 9.88. The van der Waals surface area contributed by atoms with Crippen LogP contribution in [0.5, 0.6) is 5.75 Å². The predicted molar refractivity (Wildman–Crippen MR) is 123 cm³/mol. The SMILES string of the molecule is CCNC(=NCC(O)c1ccc(OC)cc1)NC1CCN(CC2CCCCC2)CC1. The molecule has 1 unspecified atom stereocenters. The summed E-state index contributed by atoms with van der Waals surface area (Å²) in [6.45, 7) is 6.84. The Labute approximate surface area is 182 Å². The van der Waals surface area contributed by atoms with Crippen molar-refractivity contribution in [1.82, 2.24) is 15.5 Å². The zero-order chi connectivity index (χ0) is 21.2. The Morgan fingerprint density at radius 2 is 1.83 bits per heavy atom. The van der Waals surface area contributed by atoms with Gasteiger partial charge in [0, 0.05) is 32.2 Å². The van der Waals surface area contributed by atoms with E-state index < -0.39 is 6.10 Å². The molecule has 3 N–H and O–H groups in total. The molecule has 0 amide bonds. The second-order valence-electron chi connectivity index (χ2n) is 8.73. The third-order valence-electron chi connectivity index (χ3n) is 6.44. The van der Waals surface area contributed by atoms with Crippen LogP contribution in [0.4, 0.5) is 0 Å². The molecule has 6 nitrogen and oxygen atoms in total. The van der Waals surface area contributed by atoms with Crippen molar-refractivity contribution in [1.29, 1.82) is 0 Å². The number of likely N-dealkylation sites (tertiary alicyclic amines) is 1. The van der Waals surface area contributed by atoms with Gasteiger partial charge >= 0.3 is 0 Å². The first-order chi connectivity index (χ1) is 14.7. The number of methoxy groups -OCH3 is 1. The molecular weight excluding hydrogens is 376 g/mol. The molecule has 1 saturated carbocycles. The van der Waals surface area contributed by atoms with Gasteiger partial charge in [-0.15, -0.1) is 0 Å². The van der Waals surface area contributed by atoms with E-state index in [1.54, 1.807) is 7.11 Å². The number of aliphatic hydroxyl groups is 1. The molecule has 6 heteroatoms. The van der Waals surface area contributed by atoms with Gasteiger partial charge in [0.25, 0.3) is 0 Å². The number of aliphatic hydroxyl groups excluding tert-OH is 1. The van der Waals surface area contributed by atoms with E-state index in [0.29, 0.717) is 12.6 Å². The fourth-order valence-electron chi connectivity index (χ4n) is 4.62. The lowest BCUT2D eigenvalue weighted by Crippen LogP contribution is -2.49. The van der Waals surface area contributed by atoms with Crippen LogP contribution in [-0.2, 0) is 0 Å². The highest BCUT2D eigenvalue weighted by atomic mass is 16.5. The topological polar surface area (TPSA) is 69.1 Å². The molecule has 2 fully saturated rings. The van der Waals surface area contributed by atoms with Crippen molar-refractivity contribution in [2.45, 2.75) is 64.0 Å². The second-order valence-corrected chi connectivity index (χ2v) is 8.73. The van der Waals surface area contributed by atoms with Crippen LogP contribution in [0.25, 0.3) is 0 Å². The number of aliphatic imine (C=N–C) groups is 1. The van der Waals surface area contributed by atoms with E-state index in [0.717, 1.165) is 42.6 Å². The van der Waals surface area contributed by atoms with Crippen LogP contribution in [0, 0.1) is 5.92 Å². The summed E-state index contributed by atoms with van der Waals surface area (Å²) in [5.74, 6) is 2.51. The molecule has 1 aromatic rings. The van der Waals surface area contributed by atoms with Crippen molar-refractivity contribution in [2.75, 3.05) is 39.8 Å². The molecule has 1 heterocycles. The van der Waals surface area contributed by atoms with Crippen molar-refractivity contribution in [3.63, 3.8) is 0 Å². The molecule has 1 atom stereocenters. The highest BCUT2D eigenvalue weighted by Crippen LogP contribution is 2.25. The molecule has 0 spiro atoms. The number of hydrogen-bond acceptors (Lipinski definition) is 4. The minimum atomic E-state index is -0.622. The van der Waals surface area contributed by atoms with Crippen molar-refractivity contribution in [2.24, 2.45) is 10.9 Å². The molecule has 1 aromatic carbocycles. The fraction of sp³-hybridized carbons (Fsp3) is 0.708. The first kappa shape index (κ1) is 22.9. The van der Waals surface area contributed by atoms with E-state index in [-0.39, 0.29) is 0 Å². The molecule has 1 aliphatic carbocycles. The standard InChI is InChI=1S/C24H40N4O2/c1-3-25-24(26-17-23(29)20-9-11-22(30-2)12-10-20)27-21-13-15-28(16-14-21)18-19-7-5-4-6-8-19/h9-12,19,21,23,29H,3-8,13-18H2,1-2H3,(H2,25,26,27). The van der Waals surface area contributed by atoms with Crippen molar-refractivity contribution < 1.29 is 9.84 Å². The second kappa shape index (κ2) is 12.2. The van der Waals surface area contributed by atoms with E-state index >= 15 is 0 Å². The summed E-state index contributed by atoms with van der Waals surface area (Å²) in [5.41, 5.74) is 0.853. The highest BCUT2D eigenvalue weighted by Gasteiger charge is 2.23. The minimum absolute atomic E-state index is 0.336. The van der Waals surface area contributed by atoms with Crippen LogP contribution in [-0.4, -0.2) is 61.8 Å². The zero-order valence-corrected chi connectivity index (χ0v) is 18.8. The number of nitrogens with zero attached hydrogens (tertiary/aromatic N) is 2.